The first-order valence-electron chi connectivity index (χ1n) is 8.12. The largest absolute Gasteiger partial charge is 0.396 e. The maximum absolute atomic E-state index is 9.72. The fourth-order valence-electron chi connectivity index (χ4n) is 3.21. The molecular weight excluding hydrogens is 246 g/mol. The smallest absolute Gasteiger partial charge is 0.0499 e. The first-order chi connectivity index (χ1) is 9.74. The molecule has 1 aromatic carbocycles. The van der Waals surface area contributed by atoms with Gasteiger partial charge in [-0.2, -0.15) is 0 Å². The molecule has 0 aliphatic heterocycles. The second-order valence-corrected chi connectivity index (χ2v) is 6.52. The van der Waals surface area contributed by atoms with Crippen LogP contribution in [0.2, 0.25) is 0 Å². The molecule has 0 spiro atoms. The first kappa shape index (κ1) is 15.5. The van der Waals surface area contributed by atoms with E-state index in [-0.39, 0.29) is 5.41 Å². The molecule has 0 radical (unpaired) electrons. The molecule has 1 aromatic rings. The van der Waals surface area contributed by atoms with Crippen LogP contribution in [0.15, 0.2) is 30.3 Å². The molecule has 1 atom stereocenters. The molecule has 1 aliphatic carbocycles. The maximum Gasteiger partial charge on any atom is 0.0499 e. The lowest BCUT2D eigenvalue weighted by atomic mass is 9.74. The molecule has 1 fully saturated rings. The van der Waals surface area contributed by atoms with Crippen LogP contribution in [-0.4, -0.2) is 24.3 Å². The molecular formula is C18H29NO. The van der Waals surface area contributed by atoms with Crippen molar-refractivity contribution in [3.8, 4) is 0 Å². The van der Waals surface area contributed by atoms with Crippen LogP contribution in [0.1, 0.15) is 51.0 Å². The molecule has 0 amide bonds. The number of rotatable bonds is 7. The fourth-order valence-corrected chi connectivity index (χ4v) is 3.21. The quantitative estimate of drug-likeness (QED) is 0.798. The molecule has 0 saturated heterocycles. The number of benzene rings is 1. The van der Waals surface area contributed by atoms with Gasteiger partial charge in [0, 0.05) is 24.6 Å². The maximum atomic E-state index is 9.72. The molecule has 1 saturated carbocycles. The minimum Gasteiger partial charge on any atom is -0.396 e. The van der Waals surface area contributed by atoms with E-state index >= 15 is 0 Å². The first-order valence-corrected chi connectivity index (χ1v) is 8.12. The summed E-state index contributed by atoms with van der Waals surface area (Å²) >= 11 is 0. The van der Waals surface area contributed by atoms with Crippen molar-refractivity contribution >= 4 is 0 Å². The molecule has 1 unspecified atom stereocenters. The number of aliphatic hydroxyl groups excluding tert-OH is 1. The lowest BCUT2D eigenvalue weighted by Crippen LogP contribution is -2.42. The highest BCUT2D eigenvalue weighted by molar-refractivity contribution is 5.14. The molecule has 112 valence electrons. The van der Waals surface area contributed by atoms with Crippen molar-refractivity contribution in [1.29, 1.82) is 0 Å². The minimum atomic E-state index is 0.152. The van der Waals surface area contributed by atoms with Gasteiger partial charge in [0.1, 0.15) is 0 Å². The average Bonchev–Trinajstić information content (AvgIpc) is 2.53. The van der Waals surface area contributed by atoms with Crippen molar-refractivity contribution in [2.45, 2.75) is 57.9 Å². The summed E-state index contributed by atoms with van der Waals surface area (Å²) in [6.45, 7) is 3.57. The molecule has 0 heterocycles. The minimum absolute atomic E-state index is 0.152. The van der Waals surface area contributed by atoms with Gasteiger partial charge in [-0.05, 0) is 38.2 Å². The Morgan fingerprint density at radius 2 is 1.85 bits per heavy atom. The van der Waals surface area contributed by atoms with Crippen molar-refractivity contribution in [3.05, 3.63) is 35.9 Å². The zero-order valence-electron chi connectivity index (χ0n) is 12.8. The molecule has 1 aliphatic rings. The van der Waals surface area contributed by atoms with E-state index in [0.29, 0.717) is 12.6 Å². The van der Waals surface area contributed by atoms with Crippen molar-refractivity contribution in [3.63, 3.8) is 0 Å². The van der Waals surface area contributed by atoms with Crippen LogP contribution in [0.5, 0.6) is 0 Å². The Kier molecular flexibility index (Phi) is 6.06. The van der Waals surface area contributed by atoms with Crippen molar-refractivity contribution in [2.75, 3.05) is 13.2 Å². The van der Waals surface area contributed by atoms with Gasteiger partial charge in [0.15, 0.2) is 0 Å². The van der Waals surface area contributed by atoms with E-state index in [9.17, 15) is 5.11 Å². The highest BCUT2D eigenvalue weighted by Gasteiger charge is 2.31. The van der Waals surface area contributed by atoms with Gasteiger partial charge >= 0.3 is 0 Å². The summed E-state index contributed by atoms with van der Waals surface area (Å²) in [7, 11) is 0. The molecule has 20 heavy (non-hydrogen) atoms. The summed E-state index contributed by atoms with van der Waals surface area (Å²) in [6.07, 6.45) is 8.54. The van der Waals surface area contributed by atoms with Gasteiger partial charge in [-0.3, -0.25) is 0 Å². The molecule has 2 rings (SSSR count). The second-order valence-electron chi connectivity index (χ2n) is 6.52. The van der Waals surface area contributed by atoms with E-state index < -0.39 is 0 Å². The summed E-state index contributed by atoms with van der Waals surface area (Å²) in [6, 6.07) is 11.2. The van der Waals surface area contributed by atoms with Gasteiger partial charge in [-0.1, -0.05) is 49.6 Å². The lowest BCUT2D eigenvalue weighted by Gasteiger charge is -2.36. The van der Waals surface area contributed by atoms with Crippen LogP contribution >= 0.6 is 0 Å². The Hall–Kier alpha value is -0.860. The van der Waals surface area contributed by atoms with Crippen LogP contribution < -0.4 is 5.32 Å². The SMILES string of the molecule is CC(CCc1ccccc1)NCC1(CO)CCCCC1. The van der Waals surface area contributed by atoms with Crippen LogP contribution in [-0.2, 0) is 6.42 Å². The lowest BCUT2D eigenvalue weighted by molar-refractivity contribution is 0.0786. The van der Waals surface area contributed by atoms with Gasteiger partial charge in [0.2, 0.25) is 0 Å². The number of aliphatic hydroxyl groups is 1. The van der Waals surface area contributed by atoms with Crippen molar-refractivity contribution in [1.82, 2.24) is 5.32 Å². The zero-order valence-corrected chi connectivity index (χ0v) is 12.8. The van der Waals surface area contributed by atoms with Crippen LogP contribution in [0.3, 0.4) is 0 Å². The summed E-state index contributed by atoms with van der Waals surface area (Å²) < 4.78 is 0. The monoisotopic (exact) mass is 275 g/mol. The Morgan fingerprint density at radius 3 is 2.50 bits per heavy atom. The summed E-state index contributed by atoms with van der Waals surface area (Å²) in [5.41, 5.74) is 1.56. The van der Waals surface area contributed by atoms with Gasteiger partial charge in [-0.15, -0.1) is 0 Å². The van der Waals surface area contributed by atoms with Gasteiger partial charge in [-0.25, -0.2) is 0 Å². The third-order valence-corrected chi connectivity index (χ3v) is 4.78. The highest BCUT2D eigenvalue weighted by Crippen LogP contribution is 2.35. The Bertz CT molecular complexity index is 370. The average molecular weight is 275 g/mol. The molecule has 2 N–H and O–H groups in total. The van der Waals surface area contributed by atoms with Crippen LogP contribution in [0.4, 0.5) is 0 Å². The molecule has 0 bridgehead atoms. The van der Waals surface area contributed by atoms with E-state index in [1.54, 1.807) is 0 Å². The van der Waals surface area contributed by atoms with E-state index in [4.69, 9.17) is 0 Å². The van der Waals surface area contributed by atoms with Crippen molar-refractivity contribution < 1.29 is 5.11 Å². The zero-order chi connectivity index (χ0) is 14.3. The van der Waals surface area contributed by atoms with E-state index in [1.807, 2.05) is 0 Å². The Labute approximate surface area is 123 Å². The summed E-state index contributed by atoms with van der Waals surface area (Å²) in [4.78, 5) is 0. The van der Waals surface area contributed by atoms with Gasteiger partial charge in [0.05, 0.1) is 0 Å². The standard InChI is InChI=1S/C18H29NO/c1-16(10-11-17-8-4-2-5-9-17)19-14-18(15-20)12-6-3-7-13-18/h2,4-5,8-9,16,19-20H,3,6-7,10-15H2,1H3. The van der Waals surface area contributed by atoms with Crippen LogP contribution in [0, 0.1) is 5.41 Å². The highest BCUT2D eigenvalue weighted by atomic mass is 16.3. The summed E-state index contributed by atoms with van der Waals surface area (Å²) in [5, 5.41) is 13.4. The van der Waals surface area contributed by atoms with E-state index in [1.165, 1.54) is 37.7 Å². The third-order valence-electron chi connectivity index (χ3n) is 4.78. The molecule has 2 nitrogen and oxygen atoms in total. The predicted molar refractivity (Wildman–Crippen MR) is 84.8 cm³/mol. The van der Waals surface area contributed by atoms with E-state index in [0.717, 1.165) is 19.4 Å². The Balaban J connectivity index is 1.72. The van der Waals surface area contributed by atoms with Gasteiger partial charge in [0.25, 0.3) is 0 Å². The third kappa shape index (κ3) is 4.60. The summed E-state index contributed by atoms with van der Waals surface area (Å²) in [5.74, 6) is 0. The topological polar surface area (TPSA) is 32.3 Å². The fraction of sp³-hybridized carbons (Fsp3) is 0.667. The van der Waals surface area contributed by atoms with E-state index in [2.05, 4.69) is 42.6 Å². The number of nitrogens with one attached hydrogen (secondary N) is 1. The molecule has 0 aromatic heterocycles. The van der Waals surface area contributed by atoms with Crippen molar-refractivity contribution in [2.24, 2.45) is 5.41 Å². The molecule has 2 heteroatoms. The second kappa shape index (κ2) is 7.80. The Morgan fingerprint density at radius 1 is 1.15 bits per heavy atom. The number of hydrogen-bond acceptors (Lipinski definition) is 2. The van der Waals surface area contributed by atoms with Crippen LogP contribution in [0.25, 0.3) is 0 Å². The van der Waals surface area contributed by atoms with Gasteiger partial charge < -0.3 is 10.4 Å². The predicted octanol–water partition coefficient (Wildman–Crippen LogP) is 3.54. The number of hydrogen-bond donors (Lipinski definition) is 2. The normalized spacial score (nSPS) is 19.7. The number of aryl methyl sites for hydroxylation is 1.